The zero-order valence-corrected chi connectivity index (χ0v) is 13.7. The van der Waals surface area contributed by atoms with Crippen LogP contribution in [0.5, 0.6) is 0 Å². The highest BCUT2D eigenvalue weighted by molar-refractivity contribution is 7.89. The average Bonchev–Trinajstić information content (AvgIpc) is 2.86. The molecule has 0 aliphatic carbocycles. The van der Waals surface area contributed by atoms with Crippen molar-refractivity contribution in [2.45, 2.75) is 23.8 Å². The van der Waals surface area contributed by atoms with Gasteiger partial charge in [0.1, 0.15) is 16.3 Å². The maximum Gasteiger partial charge on any atom is 0.244 e. The number of aryl methyl sites for hydroxylation is 2. The van der Waals surface area contributed by atoms with Crippen molar-refractivity contribution in [3.63, 3.8) is 0 Å². The Morgan fingerprint density at radius 3 is 2.65 bits per heavy atom. The Kier molecular flexibility index (Phi) is 3.99. The van der Waals surface area contributed by atoms with Crippen molar-refractivity contribution in [3.8, 4) is 0 Å². The summed E-state index contributed by atoms with van der Waals surface area (Å²) in [5, 5.41) is 4.15. The summed E-state index contributed by atoms with van der Waals surface area (Å²) in [6.45, 7) is 2.02. The van der Waals surface area contributed by atoms with E-state index < -0.39 is 21.4 Å². The van der Waals surface area contributed by atoms with Crippen LogP contribution in [0.15, 0.2) is 35.4 Å². The molecule has 0 atom stereocenters. The van der Waals surface area contributed by atoms with Gasteiger partial charge in [0, 0.05) is 18.8 Å². The molecule has 1 fully saturated rings. The van der Waals surface area contributed by atoms with E-state index in [1.165, 1.54) is 16.9 Å². The molecular formula is C15H18FN3O3S. The summed E-state index contributed by atoms with van der Waals surface area (Å²) in [5.41, 5.74) is -0.314. The van der Waals surface area contributed by atoms with E-state index in [-0.39, 0.29) is 23.7 Å². The predicted molar refractivity (Wildman–Crippen MR) is 81.8 cm³/mol. The fourth-order valence-corrected chi connectivity index (χ4v) is 4.36. The molecule has 0 saturated carbocycles. The smallest absolute Gasteiger partial charge is 0.244 e. The first-order valence-electron chi connectivity index (χ1n) is 7.27. The number of nitrogens with one attached hydrogen (secondary N) is 1. The van der Waals surface area contributed by atoms with E-state index in [0.29, 0.717) is 12.1 Å². The van der Waals surface area contributed by atoms with Crippen LogP contribution in [-0.2, 0) is 33.8 Å². The number of benzene rings is 1. The minimum absolute atomic E-state index is 0.0921. The van der Waals surface area contributed by atoms with Crippen LogP contribution < -0.4 is 4.72 Å². The fourth-order valence-electron chi connectivity index (χ4n) is 2.72. The van der Waals surface area contributed by atoms with Gasteiger partial charge in [-0.05, 0) is 12.5 Å². The van der Waals surface area contributed by atoms with Crippen LogP contribution in [0, 0.1) is 5.82 Å². The van der Waals surface area contributed by atoms with Gasteiger partial charge in [0.05, 0.1) is 18.9 Å². The van der Waals surface area contributed by atoms with Gasteiger partial charge in [0.2, 0.25) is 10.0 Å². The highest BCUT2D eigenvalue weighted by Gasteiger charge is 2.46. The monoisotopic (exact) mass is 339 g/mol. The van der Waals surface area contributed by atoms with E-state index >= 15 is 0 Å². The maximum absolute atomic E-state index is 14.1. The van der Waals surface area contributed by atoms with Crippen LogP contribution in [-0.4, -0.2) is 31.4 Å². The Labute approximate surface area is 134 Å². The van der Waals surface area contributed by atoms with Crippen molar-refractivity contribution >= 4 is 10.0 Å². The zero-order valence-electron chi connectivity index (χ0n) is 12.9. The molecule has 1 aromatic heterocycles. The second kappa shape index (κ2) is 5.70. The number of sulfonamides is 1. The molecule has 1 aliphatic rings. The second-order valence-corrected chi connectivity index (χ2v) is 7.28. The molecule has 0 radical (unpaired) electrons. The zero-order chi connectivity index (χ0) is 16.7. The van der Waals surface area contributed by atoms with Crippen LogP contribution in [0.3, 0.4) is 0 Å². The largest absolute Gasteiger partial charge is 0.377 e. The lowest BCUT2D eigenvalue weighted by atomic mass is 9.89. The molecule has 1 aliphatic heterocycles. The van der Waals surface area contributed by atoms with Crippen molar-refractivity contribution in [2.75, 3.05) is 13.2 Å². The van der Waals surface area contributed by atoms with Crippen molar-refractivity contribution in [1.29, 1.82) is 0 Å². The van der Waals surface area contributed by atoms with E-state index in [0.717, 1.165) is 0 Å². The van der Waals surface area contributed by atoms with Gasteiger partial charge in [-0.25, -0.2) is 12.8 Å². The van der Waals surface area contributed by atoms with Crippen LogP contribution in [0.2, 0.25) is 0 Å². The lowest BCUT2D eigenvalue weighted by molar-refractivity contribution is -0.0680. The summed E-state index contributed by atoms with van der Waals surface area (Å²) in [4.78, 5) is 0.116. The summed E-state index contributed by atoms with van der Waals surface area (Å²) < 4.78 is 48.9. The van der Waals surface area contributed by atoms with Gasteiger partial charge in [-0.3, -0.25) is 4.68 Å². The molecule has 2 heterocycles. The molecule has 0 bridgehead atoms. The van der Waals surface area contributed by atoms with E-state index in [9.17, 15) is 12.8 Å². The van der Waals surface area contributed by atoms with E-state index in [1.54, 1.807) is 25.2 Å². The minimum atomic E-state index is -3.85. The number of rotatable bonds is 5. The Balaban J connectivity index is 2.00. The van der Waals surface area contributed by atoms with Crippen molar-refractivity contribution in [2.24, 2.45) is 7.05 Å². The number of hydrogen-bond donors (Lipinski definition) is 1. The first kappa shape index (κ1) is 16.1. The van der Waals surface area contributed by atoms with Gasteiger partial charge in [-0.15, -0.1) is 0 Å². The summed E-state index contributed by atoms with van der Waals surface area (Å²) >= 11 is 0. The lowest BCUT2D eigenvalue weighted by Crippen LogP contribution is -2.59. The average molecular weight is 339 g/mol. The number of hydrogen-bond acceptors (Lipinski definition) is 4. The molecule has 3 rings (SSSR count). The topological polar surface area (TPSA) is 73.2 Å². The Morgan fingerprint density at radius 2 is 2.09 bits per heavy atom. The highest BCUT2D eigenvalue weighted by atomic mass is 32.2. The first-order chi connectivity index (χ1) is 10.9. The van der Waals surface area contributed by atoms with Crippen molar-refractivity contribution < 1.29 is 17.5 Å². The molecule has 0 spiro atoms. The molecule has 0 amide bonds. The Morgan fingerprint density at radius 1 is 1.39 bits per heavy atom. The highest BCUT2D eigenvalue weighted by Crippen LogP contribution is 2.33. The van der Waals surface area contributed by atoms with Gasteiger partial charge in [0.15, 0.2) is 0 Å². The third-order valence-corrected chi connectivity index (χ3v) is 5.49. The summed E-state index contributed by atoms with van der Waals surface area (Å²) in [6.07, 6.45) is 1.94. The molecular weight excluding hydrogens is 321 g/mol. The molecule has 8 heteroatoms. The van der Waals surface area contributed by atoms with Crippen LogP contribution in [0.25, 0.3) is 0 Å². The van der Waals surface area contributed by atoms with Gasteiger partial charge < -0.3 is 4.74 Å². The SMILES string of the molecule is CCc1nn(C)cc1S(=O)(=O)NC1(c2ccccc2F)COC1. The summed E-state index contributed by atoms with van der Waals surface area (Å²) in [6, 6.07) is 6.13. The van der Waals surface area contributed by atoms with Gasteiger partial charge in [-0.1, -0.05) is 25.1 Å². The lowest BCUT2D eigenvalue weighted by Gasteiger charge is -2.42. The number of ether oxygens (including phenoxy) is 1. The molecule has 23 heavy (non-hydrogen) atoms. The molecule has 2 aromatic rings. The number of halogens is 1. The van der Waals surface area contributed by atoms with Crippen LogP contribution in [0.4, 0.5) is 4.39 Å². The Bertz CT molecular complexity index is 828. The van der Waals surface area contributed by atoms with Crippen molar-refractivity contribution in [1.82, 2.24) is 14.5 Å². The van der Waals surface area contributed by atoms with E-state index in [2.05, 4.69) is 9.82 Å². The number of nitrogens with zero attached hydrogens (tertiary/aromatic N) is 2. The van der Waals surface area contributed by atoms with Crippen molar-refractivity contribution in [3.05, 3.63) is 47.5 Å². The quantitative estimate of drug-likeness (QED) is 0.892. The molecule has 0 unspecified atom stereocenters. The Hall–Kier alpha value is -1.77. The number of aromatic nitrogens is 2. The van der Waals surface area contributed by atoms with E-state index in [1.807, 2.05) is 6.92 Å². The molecule has 1 aromatic carbocycles. The first-order valence-corrected chi connectivity index (χ1v) is 8.75. The van der Waals surface area contributed by atoms with Gasteiger partial charge >= 0.3 is 0 Å². The van der Waals surface area contributed by atoms with Gasteiger partial charge in [0.25, 0.3) is 0 Å². The van der Waals surface area contributed by atoms with Gasteiger partial charge in [-0.2, -0.15) is 9.82 Å². The van der Waals surface area contributed by atoms with Crippen LogP contribution in [0.1, 0.15) is 18.2 Å². The fraction of sp³-hybridized carbons (Fsp3) is 0.400. The molecule has 6 nitrogen and oxygen atoms in total. The normalized spacial score (nSPS) is 17.0. The summed E-state index contributed by atoms with van der Waals surface area (Å²) in [7, 11) is -2.18. The van der Waals surface area contributed by atoms with Crippen LogP contribution >= 0.6 is 0 Å². The molecule has 1 N–H and O–H groups in total. The maximum atomic E-state index is 14.1. The predicted octanol–water partition coefficient (Wildman–Crippen LogP) is 1.33. The minimum Gasteiger partial charge on any atom is -0.377 e. The van der Waals surface area contributed by atoms with E-state index in [4.69, 9.17) is 4.74 Å². The molecule has 124 valence electrons. The third-order valence-electron chi connectivity index (χ3n) is 3.91. The second-order valence-electron chi connectivity index (χ2n) is 5.63. The third kappa shape index (κ3) is 2.77. The standard InChI is InChI=1S/C15H18FN3O3S/c1-3-13-14(8-19(2)17-13)23(20,21)18-15(9-22-10-15)11-6-4-5-7-12(11)16/h4-8,18H,3,9-10H2,1-2H3. The summed E-state index contributed by atoms with van der Waals surface area (Å²) in [5.74, 6) is -0.458. The molecule has 1 saturated heterocycles.